The van der Waals surface area contributed by atoms with Gasteiger partial charge in [0, 0.05) is 20.2 Å². The fraction of sp³-hybridized carbons (Fsp3) is 0.833. The summed E-state index contributed by atoms with van der Waals surface area (Å²) in [5.41, 5.74) is 4.28. The van der Waals surface area contributed by atoms with E-state index in [-0.39, 0.29) is 18.3 Å². The molecule has 0 saturated carbocycles. The maximum atomic E-state index is 11.4. The monoisotopic (exact) mass is 260 g/mol. The highest BCUT2D eigenvalue weighted by molar-refractivity contribution is 5.74. The summed E-state index contributed by atoms with van der Waals surface area (Å²) < 4.78 is 9.54. The fourth-order valence-electron chi connectivity index (χ4n) is 1.37. The number of rotatable bonds is 2. The van der Waals surface area contributed by atoms with Crippen LogP contribution < -0.4 is 5.73 Å². The van der Waals surface area contributed by atoms with Crippen molar-refractivity contribution in [3.05, 3.63) is 0 Å². The summed E-state index contributed by atoms with van der Waals surface area (Å²) in [7, 11) is 1.42. The first-order valence-electron chi connectivity index (χ1n) is 6.01. The highest BCUT2D eigenvalue weighted by Crippen LogP contribution is 2.14. The van der Waals surface area contributed by atoms with Gasteiger partial charge in [-0.3, -0.25) is 4.79 Å². The van der Waals surface area contributed by atoms with Crippen LogP contribution in [0.15, 0.2) is 0 Å². The van der Waals surface area contributed by atoms with Crippen molar-refractivity contribution >= 4 is 12.0 Å². The van der Waals surface area contributed by atoms with Gasteiger partial charge in [-0.15, -0.1) is 0 Å². The number of hydrogen-bond acceptors (Lipinski definition) is 4. The van der Waals surface area contributed by atoms with Crippen LogP contribution in [0.1, 0.15) is 33.6 Å². The highest BCUT2D eigenvalue weighted by Gasteiger charge is 2.23. The molecule has 106 valence electrons. The quantitative estimate of drug-likeness (QED) is 0.807. The number of nitrogens with two attached hydrogens (primary N) is 1. The average Bonchev–Trinajstić information content (AvgIpc) is 2.67. The number of hydrogen-bond donors (Lipinski definition) is 1. The van der Waals surface area contributed by atoms with Crippen molar-refractivity contribution in [3.63, 3.8) is 0 Å². The zero-order valence-electron chi connectivity index (χ0n) is 11.7. The summed E-state index contributed by atoms with van der Waals surface area (Å²) in [6.45, 7) is 7.40. The Bertz CT molecular complexity index is 268. The van der Waals surface area contributed by atoms with Crippen molar-refractivity contribution in [1.82, 2.24) is 4.90 Å². The van der Waals surface area contributed by atoms with Crippen LogP contribution in [0.5, 0.6) is 0 Å². The summed E-state index contributed by atoms with van der Waals surface area (Å²) in [6, 6.07) is 0. The van der Waals surface area contributed by atoms with Crippen molar-refractivity contribution in [2.24, 2.45) is 5.73 Å². The van der Waals surface area contributed by atoms with E-state index in [1.807, 2.05) is 20.8 Å². The van der Waals surface area contributed by atoms with Gasteiger partial charge in [0.05, 0.1) is 0 Å². The topological polar surface area (TPSA) is 81.9 Å². The Balaban J connectivity index is 0.000000411. The van der Waals surface area contributed by atoms with Gasteiger partial charge in [0.15, 0.2) is 0 Å². The molecule has 1 fully saturated rings. The number of primary amides is 1. The molecule has 0 aromatic rings. The minimum Gasteiger partial charge on any atom is -0.444 e. The minimum atomic E-state index is -0.433. The Kier molecular flexibility index (Phi) is 7.35. The van der Waals surface area contributed by atoms with E-state index in [1.54, 1.807) is 4.90 Å². The van der Waals surface area contributed by atoms with Gasteiger partial charge in [0.25, 0.3) is 0 Å². The molecule has 2 N–H and O–H groups in total. The maximum Gasteiger partial charge on any atom is 0.410 e. The molecular formula is C12H24N2O4. The number of likely N-dealkylation sites (tertiary alicyclic amines) is 1. The summed E-state index contributed by atoms with van der Waals surface area (Å²) in [5.74, 6) is -0.433. The van der Waals surface area contributed by atoms with Crippen LogP contribution in [0.2, 0.25) is 0 Å². The molecule has 2 amide bonds. The molecule has 0 spiro atoms. The number of ether oxygens (including phenoxy) is 2. The Morgan fingerprint density at radius 3 is 2.00 bits per heavy atom. The molecule has 0 unspecified atom stereocenters. The number of carbonyl (C=O) groups excluding carboxylic acids is 2. The molecule has 1 aliphatic heterocycles. The van der Waals surface area contributed by atoms with Crippen molar-refractivity contribution in [1.29, 1.82) is 0 Å². The van der Waals surface area contributed by atoms with Crippen LogP contribution in [0.25, 0.3) is 0 Å². The SMILES string of the molecule is CC(C)(C)OC(=O)N1CCCC1.COCC(N)=O. The lowest BCUT2D eigenvalue weighted by Crippen LogP contribution is -2.34. The second-order valence-electron chi connectivity index (χ2n) is 5.07. The molecule has 0 radical (unpaired) electrons. The van der Waals surface area contributed by atoms with Crippen LogP contribution in [0.4, 0.5) is 4.79 Å². The van der Waals surface area contributed by atoms with Crippen molar-refractivity contribution in [2.75, 3.05) is 26.8 Å². The first-order valence-corrected chi connectivity index (χ1v) is 6.01. The predicted molar refractivity (Wildman–Crippen MR) is 68.1 cm³/mol. The first-order chi connectivity index (χ1) is 8.26. The fourth-order valence-corrected chi connectivity index (χ4v) is 1.37. The molecule has 1 rings (SSSR count). The zero-order valence-corrected chi connectivity index (χ0v) is 11.7. The predicted octanol–water partition coefficient (Wildman–Crippen LogP) is 1.14. The Hall–Kier alpha value is -1.30. The van der Waals surface area contributed by atoms with Gasteiger partial charge in [0.1, 0.15) is 12.2 Å². The molecule has 0 atom stereocenters. The summed E-state index contributed by atoms with van der Waals surface area (Å²) in [4.78, 5) is 22.8. The molecular weight excluding hydrogens is 236 g/mol. The third-order valence-electron chi connectivity index (χ3n) is 2.04. The number of amides is 2. The largest absolute Gasteiger partial charge is 0.444 e. The van der Waals surface area contributed by atoms with Gasteiger partial charge >= 0.3 is 6.09 Å². The Morgan fingerprint density at radius 1 is 1.22 bits per heavy atom. The van der Waals surface area contributed by atoms with Gasteiger partial charge in [-0.2, -0.15) is 0 Å². The number of nitrogens with zero attached hydrogens (tertiary/aromatic N) is 1. The molecule has 6 nitrogen and oxygen atoms in total. The second kappa shape index (κ2) is 7.92. The van der Waals surface area contributed by atoms with E-state index >= 15 is 0 Å². The van der Waals surface area contributed by atoms with Crippen molar-refractivity contribution in [3.8, 4) is 0 Å². The van der Waals surface area contributed by atoms with E-state index in [2.05, 4.69) is 10.5 Å². The third kappa shape index (κ3) is 8.81. The van der Waals surface area contributed by atoms with Crippen LogP contribution in [0.3, 0.4) is 0 Å². The van der Waals surface area contributed by atoms with E-state index < -0.39 is 5.91 Å². The lowest BCUT2D eigenvalue weighted by Gasteiger charge is -2.23. The highest BCUT2D eigenvalue weighted by atomic mass is 16.6. The van der Waals surface area contributed by atoms with Crippen LogP contribution in [0, 0.1) is 0 Å². The molecule has 1 aliphatic rings. The van der Waals surface area contributed by atoms with Crippen LogP contribution >= 0.6 is 0 Å². The van der Waals surface area contributed by atoms with E-state index in [1.165, 1.54) is 7.11 Å². The molecule has 0 aliphatic carbocycles. The van der Waals surface area contributed by atoms with Crippen LogP contribution in [-0.4, -0.2) is 49.3 Å². The Labute approximate surface area is 108 Å². The molecule has 1 heterocycles. The van der Waals surface area contributed by atoms with Crippen LogP contribution in [-0.2, 0) is 14.3 Å². The van der Waals surface area contributed by atoms with Gasteiger partial charge in [-0.25, -0.2) is 4.79 Å². The van der Waals surface area contributed by atoms with Gasteiger partial charge < -0.3 is 20.1 Å². The standard InChI is InChI=1S/C9H17NO2.C3H7NO2/c1-9(2,3)12-8(11)10-6-4-5-7-10;1-6-2-3(4)5/h4-7H2,1-3H3;2H2,1H3,(H2,4,5). The van der Waals surface area contributed by atoms with Gasteiger partial charge in [-0.1, -0.05) is 0 Å². The lowest BCUT2D eigenvalue weighted by molar-refractivity contribution is -0.121. The third-order valence-corrected chi connectivity index (χ3v) is 2.04. The number of carbonyl (C=O) groups is 2. The van der Waals surface area contributed by atoms with Gasteiger partial charge in [-0.05, 0) is 33.6 Å². The average molecular weight is 260 g/mol. The summed E-state index contributed by atoms with van der Waals surface area (Å²) in [5, 5.41) is 0. The van der Waals surface area contributed by atoms with Gasteiger partial charge in [0.2, 0.25) is 5.91 Å². The second-order valence-corrected chi connectivity index (χ2v) is 5.07. The molecule has 0 aromatic heterocycles. The first kappa shape index (κ1) is 16.7. The molecule has 18 heavy (non-hydrogen) atoms. The van der Waals surface area contributed by atoms with E-state index in [9.17, 15) is 9.59 Å². The maximum absolute atomic E-state index is 11.4. The zero-order chi connectivity index (χ0) is 14.2. The smallest absolute Gasteiger partial charge is 0.410 e. The van der Waals surface area contributed by atoms with E-state index in [0.29, 0.717) is 0 Å². The molecule has 0 aromatic carbocycles. The van der Waals surface area contributed by atoms with Crippen molar-refractivity contribution < 1.29 is 19.1 Å². The molecule has 1 saturated heterocycles. The minimum absolute atomic E-state index is 0.0139. The number of methoxy groups -OCH3 is 1. The Morgan fingerprint density at radius 2 is 1.72 bits per heavy atom. The molecule has 0 bridgehead atoms. The van der Waals surface area contributed by atoms with E-state index in [0.717, 1.165) is 25.9 Å². The summed E-state index contributed by atoms with van der Waals surface area (Å²) in [6.07, 6.45) is 2.05. The van der Waals surface area contributed by atoms with E-state index in [4.69, 9.17) is 4.74 Å². The lowest BCUT2D eigenvalue weighted by atomic mass is 10.2. The normalized spacial score (nSPS) is 14.8. The van der Waals surface area contributed by atoms with Crippen molar-refractivity contribution in [2.45, 2.75) is 39.2 Å². The summed E-state index contributed by atoms with van der Waals surface area (Å²) >= 11 is 0. The molecule has 6 heteroatoms.